The van der Waals surface area contributed by atoms with Crippen LogP contribution >= 0.6 is 15.9 Å². The van der Waals surface area contributed by atoms with Crippen molar-refractivity contribution in [2.75, 3.05) is 5.43 Å². The van der Waals surface area contributed by atoms with E-state index >= 15 is 0 Å². The molecule has 0 fully saturated rings. The third kappa shape index (κ3) is 3.50. The van der Waals surface area contributed by atoms with Gasteiger partial charge < -0.3 is 9.84 Å². The number of carboxylic acids is 1. The molecule has 23 heavy (non-hydrogen) atoms. The molecule has 122 valence electrons. The van der Waals surface area contributed by atoms with Crippen molar-refractivity contribution in [3.05, 3.63) is 38.7 Å². The number of aromatic carboxylic acids is 1. The summed E-state index contributed by atoms with van der Waals surface area (Å²) >= 11 is 3.03. The number of fused-ring (bicyclic) bond motifs is 1. The number of carbonyl (C=O) groups is 2. The smallest absolute Gasteiger partial charge is 0.427 e. The summed E-state index contributed by atoms with van der Waals surface area (Å²) in [6.07, 6.45) is 0.604. The molecular formula is C14H14BrN3O5. The molecule has 1 amide bonds. The average molecular weight is 384 g/mol. The number of hydrogen-bond donors (Lipinski definition) is 2. The van der Waals surface area contributed by atoms with Gasteiger partial charge in [0.1, 0.15) is 15.8 Å². The van der Waals surface area contributed by atoms with E-state index in [9.17, 15) is 19.5 Å². The van der Waals surface area contributed by atoms with Crippen molar-refractivity contribution >= 4 is 39.0 Å². The molecule has 2 N–H and O–H groups in total. The van der Waals surface area contributed by atoms with Crippen LogP contribution in [0.25, 0.3) is 11.0 Å². The lowest BCUT2D eigenvalue weighted by molar-refractivity contribution is 0.0609. The first-order chi connectivity index (χ1) is 10.6. The van der Waals surface area contributed by atoms with E-state index in [0.717, 1.165) is 4.68 Å². The molecule has 2 aromatic heterocycles. The largest absolute Gasteiger partial charge is 0.477 e. The second kappa shape index (κ2) is 5.99. The van der Waals surface area contributed by atoms with Gasteiger partial charge in [0, 0.05) is 6.20 Å². The number of hydrogen-bond acceptors (Lipinski definition) is 5. The molecule has 0 radical (unpaired) electrons. The number of nitrogens with zero attached hydrogens (tertiary/aromatic N) is 2. The minimum absolute atomic E-state index is 0.0594. The number of aromatic nitrogens is 2. The summed E-state index contributed by atoms with van der Waals surface area (Å²) in [6, 6.07) is 2.93. The van der Waals surface area contributed by atoms with Gasteiger partial charge in [-0.1, -0.05) is 0 Å². The Balaban J connectivity index is 2.65. The number of carboxylic acid groups (broad SMARTS) is 1. The van der Waals surface area contributed by atoms with Gasteiger partial charge in [-0.3, -0.25) is 4.79 Å². The molecule has 0 aliphatic carbocycles. The molecule has 2 heterocycles. The van der Waals surface area contributed by atoms with Gasteiger partial charge in [-0.05, 0) is 48.8 Å². The quantitative estimate of drug-likeness (QED) is 0.769. The highest BCUT2D eigenvalue weighted by molar-refractivity contribution is 9.10. The molecule has 9 heteroatoms. The molecule has 8 nitrogen and oxygen atoms in total. The van der Waals surface area contributed by atoms with Crippen molar-refractivity contribution in [2.24, 2.45) is 0 Å². The van der Waals surface area contributed by atoms with Gasteiger partial charge in [0.05, 0.1) is 5.39 Å². The van der Waals surface area contributed by atoms with Crippen LogP contribution in [0.2, 0.25) is 0 Å². The summed E-state index contributed by atoms with van der Waals surface area (Å²) in [4.78, 5) is 39.6. The first kappa shape index (κ1) is 16.9. The summed E-state index contributed by atoms with van der Waals surface area (Å²) < 4.78 is 6.06. The molecule has 0 spiro atoms. The fourth-order valence-corrected chi connectivity index (χ4v) is 2.47. The lowest BCUT2D eigenvalue weighted by Crippen LogP contribution is -2.34. The zero-order valence-electron chi connectivity index (χ0n) is 12.6. The first-order valence-electron chi connectivity index (χ1n) is 6.54. The molecule has 0 saturated heterocycles. The van der Waals surface area contributed by atoms with E-state index in [-0.39, 0.29) is 15.6 Å². The Morgan fingerprint density at radius 1 is 1.39 bits per heavy atom. The zero-order chi connectivity index (χ0) is 17.4. The Bertz CT molecular complexity index is 854. The van der Waals surface area contributed by atoms with Crippen LogP contribution in [0.4, 0.5) is 4.79 Å². The third-order valence-corrected chi connectivity index (χ3v) is 3.44. The van der Waals surface area contributed by atoms with Crippen LogP contribution in [-0.2, 0) is 4.74 Å². The Morgan fingerprint density at radius 3 is 2.61 bits per heavy atom. The molecule has 0 aliphatic rings. The van der Waals surface area contributed by atoms with E-state index in [0.29, 0.717) is 0 Å². The maximum Gasteiger partial charge on any atom is 0.427 e. The summed E-state index contributed by atoms with van der Waals surface area (Å²) in [5.41, 5.74) is 0.520. The minimum Gasteiger partial charge on any atom is -0.477 e. The predicted octanol–water partition coefficient (Wildman–Crippen LogP) is 2.34. The Morgan fingerprint density at radius 2 is 2.04 bits per heavy atom. The van der Waals surface area contributed by atoms with E-state index in [1.165, 1.54) is 18.3 Å². The van der Waals surface area contributed by atoms with Crippen molar-refractivity contribution in [3.63, 3.8) is 0 Å². The SMILES string of the molecule is CC(C)(C)OC(=O)Nn1c(Br)c(C(=O)O)c(=O)c2cccnc21. The highest BCUT2D eigenvalue weighted by Crippen LogP contribution is 2.19. The minimum atomic E-state index is -1.42. The van der Waals surface area contributed by atoms with E-state index < -0.39 is 28.7 Å². The molecule has 2 aromatic rings. The molecule has 2 rings (SSSR count). The van der Waals surface area contributed by atoms with Gasteiger partial charge in [0.2, 0.25) is 5.43 Å². The Hall–Kier alpha value is -2.42. The maximum atomic E-state index is 12.2. The number of pyridine rings is 2. The fraction of sp³-hybridized carbons (Fsp3) is 0.286. The normalized spacial score (nSPS) is 11.3. The maximum absolute atomic E-state index is 12.2. The van der Waals surface area contributed by atoms with E-state index in [4.69, 9.17) is 4.74 Å². The van der Waals surface area contributed by atoms with Crippen LogP contribution in [0.5, 0.6) is 0 Å². The van der Waals surface area contributed by atoms with Gasteiger partial charge in [-0.2, -0.15) is 0 Å². The van der Waals surface area contributed by atoms with Gasteiger partial charge in [-0.25, -0.2) is 24.7 Å². The Labute approximate surface area is 139 Å². The first-order valence-corrected chi connectivity index (χ1v) is 7.33. The van der Waals surface area contributed by atoms with Crippen LogP contribution in [-0.4, -0.2) is 32.4 Å². The number of rotatable bonds is 2. The topological polar surface area (TPSA) is 111 Å². The van der Waals surface area contributed by atoms with Crippen LogP contribution in [0, 0.1) is 0 Å². The van der Waals surface area contributed by atoms with E-state index in [1.807, 2.05) is 0 Å². The average Bonchev–Trinajstić information content (AvgIpc) is 2.41. The zero-order valence-corrected chi connectivity index (χ0v) is 14.2. The molecule has 0 atom stereocenters. The highest BCUT2D eigenvalue weighted by atomic mass is 79.9. The fourth-order valence-electron chi connectivity index (χ4n) is 1.87. The molecule has 0 aromatic carbocycles. The predicted molar refractivity (Wildman–Crippen MR) is 86.3 cm³/mol. The lowest BCUT2D eigenvalue weighted by atomic mass is 10.2. The monoisotopic (exact) mass is 383 g/mol. The molecule has 0 saturated carbocycles. The van der Waals surface area contributed by atoms with Gasteiger partial charge in [0.25, 0.3) is 0 Å². The van der Waals surface area contributed by atoms with Crippen molar-refractivity contribution in [2.45, 2.75) is 26.4 Å². The highest BCUT2D eigenvalue weighted by Gasteiger charge is 2.23. The van der Waals surface area contributed by atoms with Crippen LogP contribution < -0.4 is 10.9 Å². The van der Waals surface area contributed by atoms with Crippen molar-refractivity contribution in [1.82, 2.24) is 9.66 Å². The Kier molecular flexibility index (Phi) is 4.42. The van der Waals surface area contributed by atoms with Crippen molar-refractivity contribution in [1.29, 1.82) is 0 Å². The van der Waals surface area contributed by atoms with Crippen molar-refractivity contribution in [3.8, 4) is 0 Å². The molecular weight excluding hydrogens is 370 g/mol. The third-order valence-electron chi connectivity index (χ3n) is 2.69. The van der Waals surface area contributed by atoms with Crippen LogP contribution in [0.15, 0.2) is 27.7 Å². The second-order valence-corrected chi connectivity index (χ2v) is 6.37. The molecule has 0 unspecified atom stereocenters. The number of ether oxygens (including phenoxy) is 1. The van der Waals surface area contributed by atoms with E-state index in [2.05, 4.69) is 26.3 Å². The molecule has 0 aliphatic heterocycles. The van der Waals surface area contributed by atoms with Gasteiger partial charge >= 0.3 is 12.1 Å². The van der Waals surface area contributed by atoms with Crippen LogP contribution in [0.3, 0.4) is 0 Å². The summed E-state index contributed by atoms with van der Waals surface area (Å²) in [7, 11) is 0. The van der Waals surface area contributed by atoms with Gasteiger partial charge in [-0.15, -0.1) is 0 Å². The number of amides is 1. The number of nitrogens with one attached hydrogen (secondary N) is 1. The summed E-state index contributed by atoms with van der Waals surface area (Å²) in [5, 5.41) is 9.30. The standard InChI is InChI=1S/C14H14BrN3O5/c1-14(2,3)23-13(22)17-18-10(15)8(12(20)21)9(19)7-5-4-6-16-11(7)18/h4-6H,1-3H3,(H,17,22)(H,20,21). The second-order valence-electron chi connectivity index (χ2n) is 5.62. The number of halogens is 1. The van der Waals surface area contributed by atoms with Gasteiger partial charge in [0.15, 0.2) is 5.65 Å². The van der Waals surface area contributed by atoms with E-state index in [1.54, 1.807) is 20.8 Å². The molecule has 0 bridgehead atoms. The van der Waals surface area contributed by atoms with Crippen molar-refractivity contribution < 1.29 is 19.4 Å². The number of carbonyl (C=O) groups excluding carboxylic acids is 1. The summed E-state index contributed by atoms with van der Waals surface area (Å²) in [6.45, 7) is 5.06. The summed E-state index contributed by atoms with van der Waals surface area (Å²) in [5.74, 6) is -1.42. The lowest BCUT2D eigenvalue weighted by Gasteiger charge is -2.21. The van der Waals surface area contributed by atoms with Crippen LogP contribution in [0.1, 0.15) is 31.1 Å².